The molecule has 3 aromatic rings. The van der Waals surface area contributed by atoms with Crippen LogP contribution in [0.15, 0.2) is 71.6 Å². The monoisotopic (exact) mass is 431 g/mol. The van der Waals surface area contributed by atoms with E-state index in [1.54, 1.807) is 30.3 Å². The molecule has 0 amide bonds. The molecule has 158 valence electrons. The van der Waals surface area contributed by atoms with Crippen molar-refractivity contribution in [2.75, 3.05) is 10.0 Å². The molecule has 0 bridgehead atoms. The number of hydrogen-bond donors (Lipinski definition) is 2. The molecule has 31 heavy (non-hydrogen) atoms. The molecule has 1 atom stereocenters. The molecule has 0 aromatic heterocycles. The third-order valence-corrected chi connectivity index (χ3v) is 7.22. The smallest absolute Gasteiger partial charge is 0.261 e. The molecular weight excluding hydrogens is 406 g/mol. The molecule has 0 saturated heterocycles. The Morgan fingerprint density at radius 1 is 1.06 bits per heavy atom. The van der Waals surface area contributed by atoms with Crippen molar-refractivity contribution in [3.63, 3.8) is 0 Å². The molecule has 1 aliphatic heterocycles. The Hall–Kier alpha value is -3.30. The van der Waals surface area contributed by atoms with Crippen LogP contribution in [-0.2, 0) is 15.4 Å². The molecule has 0 saturated carbocycles. The molecule has 4 rings (SSSR count). The van der Waals surface area contributed by atoms with E-state index in [2.05, 4.69) is 36.0 Å². The van der Waals surface area contributed by atoms with Gasteiger partial charge in [0.1, 0.15) is 6.07 Å². The first-order valence-corrected chi connectivity index (χ1v) is 11.7. The first-order valence-electron chi connectivity index (χ1n) is 10.2. The molecule has 5 nitrogen and oxygen atoms in total. The van der Waals surface area contributed by atoms with E-state index in [0.717, 1.165) is 28.8 Å². The Labute approximate surface area is 183 Å². The molecule has 2 N–H and O–H groups in total. The van der Waals surface area contributed by atoms with E-state index in [-0.39, 0.29) is 16.4 Å². The van der Waals surface area contributed by atoms with E-state index in [0.29, 0.717) is 11.3 Å². The number of nitrogens with one attached hydrogen (secondary N) is 2. The number of nitrogens with zero attached hydrogens (tertiary/aromatic N) is 1. The average Bonchev–Trinajstić information content (AvgIpc) is 2.73. The summed E-state index contributed by atoms with van der Waals surface area (Å²) in [5, 5.41) is 13.1. The van der Waals surface area contributed by atoms with Crippen LogP contribution in [0.4, 0.5) is 11.4 Å². The fourth-order valence-corrected chi connectivity index (χ4v) is 5.21. The lowest BCUT2D eigenvalue weighted by atomic mass is 9.73. The lowest BCUT2D eigenvalue weighted by Crippen LogP contribution is -2.31. The molecule has 0 aliphatic carbocycles. The van der Waals surface area contributed by atoms with Crippen LogP contribution in [0.2, 0.25) is 0 Å². The number of anilines is 2. The van der Waals surface area contributed by atoms with E-state index < -0.39 is 10.0 Å². The van der Waals surface area contributed by atoms with Crippen LogP contribution < -0.4 is 10.0 Å². The zero-order valence-corrected chi connectivity index (χ0v) is 18.6. The Morgan fingerprint density at radius 3 is 2.48 bits per heavy atom. The third-order valence-electron chi connectivity index (χ3n) is 5.82. The van der Waals surface area contributed by atoms with Gasteiger partial charge in [-0.3, -0.25) is 4.72 Å². The molecule has 1 heterocycles. The van der Waals surface area contributed by atoms with Gasteiger partial charge in [-0.2, -0.15) is 5.26 Å². The van der Waals surface area contributed by atoms with Crippen molar-refractivity contribution in [3.8, 4) is 6.07 Å². The lowest BCUT2D eigenvalue weighted by Gasteiger charge is -2.39. The minimum absolute atomic E-state index is 0.0409. The highest BCUT2D eigenvalue weighted by Crippen LogP contribution is 2.45. The molecule has 1 aliphatic rings. The number of fused-ring (bicyclic) bond motifs is 1. The van der Waals surface area contributed by atoms with Gasteiger partial charge < -0.3 is 5.32 Å². The van der Waals surface area contributed by atoms with Crippen molar-refractivity contribution in [2.45, 2.75) is 43.5 Å². The highest BCUT2D eigenvalue weighted by Gasteiger charge is 2.34. The van der Waals surface area contributed by atoms with Gasteiger partial charge in [0, 0.05) is 5.69 Å². The van der Waals surface area contributed by atoms with E-state index >= 15 is 0 Å². The first kappa shape index (κ1) is 21.0. The topological polar surface area (TPSA) is 82.0 Å². The number of rotatable bonds is 4. The van der Waals surface area contributed by atoms with Gasteiger partial charge in [0.05, 0.1) is 22.2 Å². The summed E-state index contributed by atoms with van der Waals surface area (Å²) in [5.74, 6) is 0. The van der Waals surface area contributed by atoms with Gasteiger partial charge in [-0.15, -0.1) is 0 Å². The summed E-state index contributed by atoms with van der Waals surface area (Å²) >= 11 is 0. The van der Waals surface area contributed by atoms with Crippen LogP contribution in [0.5, 0.6) is 0 Å². The average molecular weight is 432 g/mol. The second-order valence-electron chi connectivity index (χ2n) is 8.67. The van der Waals surface area contributed by atoms with Crippen LogP contribution in [-0.4, -0.2) is 8.42 Å². The predicted molar refractivity (Wildman–Crippen MR) is 124 cm³/mol. The minimum Gasteiger partial charge on any atom is -0.377 e. The summed E-state index contributed by atoms with van der Waals surface area (Å²) in [6.45, 7) is 6.26. The van der Waals surface area contributed by atoms with Crippen LogP contribution >= 0.6 is 0 Å². The zero-order chi connectivity index (χ0) is 22.2. The molecule has 1 unspecified atom stereocenters. The second-order valence-corrected chi connectivity index (χ2v) is 10.4. The van der Waals surface area contributed by atoms with Gasteiger partial charge in [0.2, 0.25) is 0 Å². The lowest BCUT2D eigenvalue weighted by molar-refractivity contribution is 0.427. The Kier molecular flexibility index (Phi) is 5.24. The maximum absolute atomic E-state index is 12.8. The molecular formula is C25H25N3O2S. The minimum atomic E-state index is -3.67. The van der Waals surface area contributed by atoms with Crippen LogP contribution in [0, 0.1) is 18.3 Å². The van der Waals surface area contributed by atoms with Gasteiger partial charge in [0.15, 0.2) is 0 Å². The summed E-state index contributed by atoms with van der Waals surface area (Å²) in [4.78, 5) is 0.230. The number of benzene rings is 3. The molecule has 0 fully saturated rings. The highest BCUT2D eigenvalue weighted by molar-refractivity contribution is 7.92. The van der Waals surface area contributed by atoms with E-state index in [1.165, 1.54) is 0 Å². The molecule has 0 spiro atoms. The number of nitriles is 1. The molecule has 3 aromatic carbocycles. The number of para-hydroxylation sites is 1. The van der Waals surface area contributed by atoms with Gasteiger partial charge in [-0.25, -0.2) is 8.42 Å². The molecule has 0 radical (unpaired) electrons. The van der Waals surface area contributed by atoms with Crippen molar-refractivity contribution < 1.29 is 8.42 Å². The standard InChI is InChI=1S/C25H25N3O2S/c1-17-10-12-21(13-11-17)31(29,30)28-20-8-4-6-18(14-20)23-15-25(2,3)22-9-5-7-19(16-26)24(22)27-23/h4-14,23,27-28H,15H2,1-3H3. The Morgan fingerprint density at radius 2 is 1.77 bits per heavy atom. The van der Waals surface area contributed by atoms with E-state index in [1.807, 2.05) is 37.3 Å². The second kappa shape index (κ2) is 7.75. The first-order chi connectivity index (χ1) is 14.7. The highest BCUT2D eigenvalue weighted by atomic mass is 32.2. The third kappa shape index (κ3) is 4.14. The van der Waals surface area contributed by atoms with E-state index in [4.69, 9.17) is 0 Å². The summed E-state index contributed by atoms with van der Waals surface area (Å²) in [6, 6.07) is 22.2. The maximum atomic E-state index is 12.8. The van der Waals surface area contributed by atoms with E-state index in [9.17, 15) is 13.7 Å². The summed E-state index contributed by atoms with van der Waals surface area (Å²) < 4.78 is 28.3. The summed E-state index contributed by atoms with van der Waals surface area (Å²) in [6.07, 6.45) is 0.822. The quantitative estimate of drug-likeness (QED) is 0.571. The van der Waals surface area contributed by atoms with Crippen LogP contribution in [0.25, 0.3) is 0 Å². The SMILES string of the molecule is Cc1ccc(S(=O)(=O)Nc2cccc(C3CC(C)(C)c4cccc(C#N)c4N3)c2)cc1. The number of aryl methyl sites for hydroxylation is 1. The Bertz CT molecular complexity index is 1270. The maximum Gasteiger partial charge on any atom is 0.261 e. The van der Waals surface area contributed by atoms with Crippen molar-refractivity contribution in [2.24, 2.45) is 0 Å². The van der Waals surface area contributed by atoms with Crippen molar-refractivity contribution >= 4 is 21.4 Å². The summed E-state index contributed by atoms with van der Waals surface area (Å²) in [5.41, 5.74) is 4.95. The van der Waals surface area contributed by atoms with Crippen molar-refractivity contribution in [1.29, 1.82) is 5.26 Å². The van der Waals surface area contributed by atoms with Gasteiger partial charge >= 0.3 is 0 Å². The number of hydrogen-bond acceptors (Lipinski definition) is 4. The predicted octanol–water partition coefficient (Wildman–Crippen LogP) is 5.50. The fraction of sp³-hybridized carbons (Fsp3) is 0.240. The van der Waals surface area contributed by atoms with Gasteiger partial charge in [-0.1, -0.05) is 55.8 Å². The van der Waals surface area contributed by atoms with Gasteiger partial charge in [-0.05, 0) is 60.2 Å². The number of sulfonamides is 1. The van der Waals surface area contributed by atoms with Crippen molar-refractivity contribution in [1.82, 2.24) is 0 Å². The van der Waals surface area contributed by atoms with Gasteiger partial charge in [0.25, 0.3) is 10.0 Å². The normalized spacial score (nSPS) is 17.2. The zero-order valence-electron chi connectivity index (χ0n) is 17.8. The van der Waals surface area contributed by atoms with Crippen LogP contribution in [0.1, 0.15) is 48.6 Å². The van der Waals surface area contributed by atoms with Crippen molar-refractivity contribution in [3.05, 3.63) is 89.0 Å². The fourth-order valence-electron chi connectivity index (χ4n) is 4.16. The largest absolute Gasteiger partial charge is 0.377 e. The summed E-state index contributed by atoms with van der Waals surface area (Å²) in [7, 11) is -3.67. The van der Waals surface area contributed by atoms with Crippen LogP contribution in [0.3, 0.4) is 0 Å². The molecule has 6 heteroatoms. The Balaban J connectivity index is 1.64.